The van der Waals surface area contributed by atoms with Crippen LogP contribution in [0.1, 0.15) is 256 Å². The Morgan fingerprint density at radius 1 is 0.425 bits per heavy atom. The molecule has 4 aliphatic carbocycles. The molecule has 7 heterocycles. The van der Waals surface area contributed by atoms with E-state index >= 15 is 0 Å². The number of imidazole rings is 4. The Kier molecular flexibility index (Phi) is 54.2. The van der Waals surface area contributed by atoms with Crippen LogP contribution in [0.15, 0.2) is 193 Å². The van der Waals surface area contributed by atoms with Gasteiger partial charge in [0.25, 0.3) is 9.05 Å². The minimum absolute atomic E-state index is 0.0308. The molecule has 7 fully saturated rings. The third kappa shape index (κ3) is 41.4. The van der Waals surface area contributed by atoms with Crippen molar-refractivity contribution >= 4 is 205 Å². The molecule has 9 aromatic rings. The third-order valence-corrected chi connectivity index (χ3v) is 37.1. The normalized spacial score (nSPS) is 18.0. The number of halogens is 10. The van der Waals surface area contributed by atoms with Crippen LogP contribution in [0.2, 0.25) is 0 Å². The zero-order valence-electron chi connectivity index (χ0n) is 87.5. The number of nitrogens with two attached hydrogens (primary N) is 1. The Morgan fingerprint density at radius 2 is 0.733 bits per heavy atom. The second-order valence-electron chi connectivity index (χ2n) is 39.0. The first-order valence-corrected chi connectivity index (χ1v) is 63.8. The lowest BCUT2D eigenvalue weighted by molar-refractivity contribution is 0.00578. The van der Waals surface area contributed by atoms with Crippen molar-refractivity contribution in [1.82, 2.24) is 57.5 Å². The van der Waals surface area contributed by atoms with E-state index in [1.807, 2.05) is 134 Å². The zero-order valence-corrected chi connectivity index (χ0v) is 104. The summed E-state index contributed by atoms with van der Waals surface area (Å²) < 4.78 is 198. The van der Waals surface area contributed by atoms with E-state index in [4.69, 9.17) is 44.3 Å². The highest BCUT2D eigenvalue weighted by atomic mass is 127. The Bertz CT molecular complexity index is 6030. The van der Waals surface area contributed by atoms with Gasteiger partial charge < -0.3 is 52.3 Å². The molecule has 4 saturated carbocycles. The van der Waals surface area contributed by atoms with E-state index in [0.29, 0.717) is 27.7 Å². The van der Waals surface area contributed by atoms with Gasteiger partial charge in [-0.3, -0.25) is 0 Å². The average molecular weight is 2650 g/mol. The smallest absolute Gasteiger partial charge is 0.405 e. The van der Waals surface area contributed by atoms with E-state index in [9.17, 15) is 50.9 Å². The monoisotopic (exact) mass is 2640 g/mol. The van der Waals surface area contributed by atoms with Gasteiger partial charge in [-0.1, -0.05) is 179 Å². The predicted octanol–water partition coefficient (Wildman–Crippen LogP) is 23.6. The van der Waals surface area contributed by atoms with Crippen molar-refractivity contribution in [3.8, 4) is 11.3 Å². The summed E-state index contributed by atoms with van der Waals surface area (Å²) >= 11 is 21.2. The first-order chi connectivity index (χ1) is 68.2. The van der Waals surface area contributed by atoms with Crippen LogP contribution in [0.25, 0.3) is 11.3 Å². The molecule has 7 N–H and O–H groups in total. The fourth-order valence-electron chi connectivity index (χ4n) is 16.0. The molecule has 814 valence electrons. The van der Waals surface area contributed by atoms with E-state index in [0.717, 1.165) is 110 Å². The molecule has 16 rings (SSSR count). The number of nitrogens with zero attached hydrogens (tertiary/aromatic N) is 7. The van der Waals surface area contributed by atoms with Gasteiger partial charge in [-0.25, -0.2) is 89.7 Å². The molecule has 0 unspecified atom stereocenters. The highest BCUT2D eigenvalue weighted by Gasteiger charge is 2.64. The van der Waals surface area contributed by atoms with E-state index in [2.05, 4.69) is 190 Å². The highest BCUT2D eigenvalue weighted by Crippen LogP contribution is 2.45. The number of sulfonamides is 4. The lowest BCUT2D eigenvalue weighted by Crippen LogP contribution is -2.41. The van der Waals surface area contributed by atoms with Crippen molar-refractivity contribution in [2.75, 3.05) is 32.6 Å². The first-order valence-electron chi connectivity index (χ1n) is 49.3. The van der Waals surface area contributed by atoms with Crippen LogP contribution in [0.5, 0.6) is 0 Å². The highest BCUT2D eigenvalue weighted by molar-refractivity contribution is 14.1. The molecule has 0 bridgehead atoms. The molecule has 5 aromatic carbocycles. The first kappa shape index (κ1) is 131. The zero-order chi connectivity index (χ0) is 109. The van der Waals surface area contributed by atoms with Crippen LogP contribution in [0.4, 0.5) is 8.78 Å². The summed E-state index contributed by atoms with van der Waals surface area (Å²) in [5, 5.41) is 0. The SMILES string of the molecule is Brc1cnc[nH]1.CC1(C)OB(B2OC(C)(C)C(C)(C)O2)OC1(C)C.CCI.CCn1cnc(-c2cc(S(=O)(=O)NC)ccc2CC2CCCCC2)c1.CCn1cnc(Br)c1.CCn1cnc(Br)c1.CNS(=O)(=O)c1ccc(CC2CCCCC2)c(B2OC(C)(C)C(C)(C)O2)c1.CNS(=O)(=O)c1ccc(CC2CCCCC2)c(Br)c1.CNS(=O)(=O)c1ccc(F)c(Br)c1.NC1CCCCC1.O=S(=O)(Cl)c1ccc(F)c(Br)c1. The van der Waals surface area contributed by atoms with Gasteiger partial charge in [0, 0.05) is 65.0 Å². The molecule has 47 heteroatoms. The van der Waals surface area contributed by atoms with Gasteiger partial charge in [0.1, 0.15) is 25.4 Å². The molecule has 0 spiro atoms. The summed E-state index contributed by atoms with van der Waals surface area (Å²) in [6.07, 6.45) is 43.7. The lowest BCUT2D eigenvalue weighted by atomic mass is 9.49. The van der Waals surface area contributed by atoms with Crippen LogP contribution in [0.3, 0.4) is 0 Å². The number of aromatic nitrogens is 8. The minimum atomic E-state index is -3.77. The van der Waals surface area contributed by atoms with Crippen LogP contribution in [0, 0.1) is 29.4 Å². The number of aromatic amines is 1. The van der Waals surface area contributed by atoms with E-state index in [1.165, 1.54) is 184 Å². The molecule has 4 aromatic heterocycles. The van der Waals surface area contributed by atoms with Gasteiger partial charge in [0.2, 0.25) is 40.1 Å². The number of rotatable bonds is 21. The van der Waals surface area contributed by atoms with Crippen molar-refractivity contribution in [2.45, 2.75) is 342 Å². The number of aryl methyl sites for hydroxylation is 3. The molecule has 29 nitrogen and oxygen atoms in total. The number of H-pyrrole nitrogens is 1. The Balaban J connectivity index is 0.000000255. The van der Waals surface area contributed by atoms with E-state index in [-0.39, 0.29) is 46.0 Å². The maximum absolute atomic E-state index is 12.7. The van der Waals surface area contributed by atoms with Gasteiger partial charge in [0.15, 0.2) is 0 Å². The van der Waals surface area contributed by atoms with Crippen LogP contribution >= 0.6 is 129 Å². The largest absolute Gasteiger partial charge is 0.495 e. The summed E-state index contributed by atoms with van der Waals surface area (Å²) in [7, 11) is -8.48. The topological polar surface area (TPSA) is 382 Å². The standard InChI is InChI=1S/C20H32BNO4S.C19H27N3O2S.C14H20BrNO2S.C12H24B2O4.C7H7BrFNO2S.C6H3BrClFO2S.C6H13N.2C5H7BrN2.C3H3BrN2.C2H5I/c1-19(2)20(3,4)26-21(25-19)18-14-17(27(23,24)22-5)12-11-16(18)13-15-9-7-6-8-10-15;1-3-22-13-19(21-14-22)18-12-17(25(23,24)20-2)10-9-16(18)11-15-7-5-4-6-8-15;1-16-19(17,18)13-8-7-12(14(15)10-13)9-11-5-3-2-4-6-11;1-9(2)10(3,4)16-13(15-9)14-17-11(5,6)12(7,8)18-14;1-10-13(11,12)5-2-3-7(9)6(8)4-5;7-5-3-4(12(8,10)11)1-2-6(5)9;7-6-4-2-1-3-5-6;2*1-2-8-3-5(6)7-4-8;4-3-1-5-2-6-3;1-2-3/h11-12,14-15,22H,6-10,13H2,1-5H3;9-10,12-15,20H,3-8,11H2,1-2H3;7-8,10-11,16H,2-6,9H2,1H3;1-8H3;2-4,10H,1H3;1-3H;6H,1-5,7H2;2*3-4H,2H2,1H3;1-2H,(H,5,6);2H2,1H3. The Hall–Kier alpha value is -3.80. The molecule has 0 atom stereocenters. The number of hydrogen-bond donors (Lipinski definition) is 6. The Morgan fingerprint density at radius 3 is 1.03 bits per heavy atom. The van der Waals surface area contributed by atoms with Gasteiger partial charge in [-0.05, 0) is 361 Å². The summed E-state index contributed by atoms with van der Waals surface area (Å²) in [5.41, 5.74) is 9.45. The quantitative estimate of drug-likeness (QED) is 0.0168. The van der Waals surface area contributed by atoms with Crippen molar-refractivity contribution in [2.24, 2.45) is 23.5 Å². The molecule has 3 aliphatic heterocycles. The third-order valence-electron chi connectivity index (χ3n) is 26.9. The number of nitrogens with one attached hydrogen (secondary N) is 5. The van der Waals surface area contributed by atoms with Crippen LogP contribution < -0.4 is 30.1 Å². The summed E-state index contributed by atoms with van der Waals surface area (Å²) in [5.74, 6) is 1.06. The maximum Gasteiger partial charge on any atom is 0.495 e. The van der Waals surface area contributed by atoms with Gasteiger partial charge >= 0.3 is 21.1 Å². The molecule has 7 aliphatic rings. The fraction of sp³-hybridized carbons (Fsp3) is 0.576. The fourth-order valence-corrected chi connectivity index (χ4v) is 22.5. The number of hydrogen-bond acceptors (Lipinski definition) is 21. The predicted molar refractivity (Wildman–Crippen MR) is 612 cm³/mol. The van der Waals surface area contributed by atoms with Crippen molar-refractivity contribution in [3.63, 3.8) is 0 Å². The molecule has 0 amide bonds. The second kappa shape index (κ2) is 60.5. The van der Waals surface area contributed by atoms with Gasteiger partial charge in [-0.2, -0.15) is 0 Å². The van der Waals surface area contributed by atoms with Crippen molar-refractivity contribution in [1.29, 1.82) is 0 Å². The Labute approximate surface area is 937 Å². The van der Waals surface area contributed by atoms with Gasteiger partial charge in [0.05, 0.1) is 104 Å². The maximum atomic E-state index is 12.7. The summed E-state index contributed by atoms with van der Waals surface area (Å²) in [6, 6.07) is 23.4. The van der Waals surface area contributed by atoms with Crippen LogP contribution in [-0.2, 0) is 116 Å². The lowest BCUT2D eigenvalue weighted by Gasteiger charge is -2.32. The average Bonchev–Trinajstić information content (AvgIpc) is 1.58. The number of benzene rings is 5. The van der Waals surface area contributed by atoms with Gasteiger partial charge in [-0.15, -0.1) is 0 Å². The van der Waals surface area contributed by atoms with Crippen molar-refractivity contribution < 1.29 is 78.8 Å². The van der Waals surface area contributed by atoms with E-state index in [1.54, 1.807) is 67.9 Å². The van der Waals surface area contributed by atoms with Crippen molar-refractivity contribution in [3.05, 3.63) is 197 Å². The number of alkyl halides is 1. The summed E-state index contributed by atoms with van der Waals surface area (Å²) in [4.78, 5) is 19.7. The molecule has 3 saturated heterocycles. The molecule has 146 heavy (non-hydrogen) atoms. The summed E-state index contributed by atoms with van der Waals surface area (Å²) in [6.45, 7) is 35.4. The molecule has 0 radical (unpaired) electrons. The van der Waals surface area contributed by atoms with E-state index < -0.39 is 93.1 Å². The van der Waals surface area contributed by atoms with Crippen LogP contribution in [-0.4, -0.2) is 174 Å². The molecular formula is C99H148B3Br6ClF2IN13O16S5. The molecular weight excluding hydrogens is 2500 g/mol. The minimum Gasteiger partial charge on any atom is -0.405 e. The second-order valence-corrected chi connectivity index (χ2v) is 55.7.